The molecule has 1 N–H and O–H groups in total. The van der Waals surface area contributed by atoms with E-state index < -0.39 is 12.1 Å². The van der Waals surface area contributed by atoms with E-state index in [-0.39, 0.29) is 18.4 Å². The molecule has 1 heterocycles. The molecule has 0 bridgehead atoms. The summed E-state index contributed by atoms with van der Waals surface area (Å²) in [5.41, 5.74) is 2.52. The van der Waals surface area contributed by atoms with Gasteiger partial charge in [0.05, 0.1) is 12.6 Å². The molecular formula is C23H30Cl2N2O3. The van der Waals surface area contributed by atoms with Gasteiger partial charge in [0.1, 0.15) is 0 Å². The number of carboxylic acids is 1. The molecule has 164 valence electrons. The van der Waals surface area contributed by atoms with Crippen LogP contribution in [0.25, 0.3) is 0 Å². The number of hydrogen-bond donors (Lipinski definition) is 1. The minimum atomic E-state index is -0.883. The van der Waals surface area contributed by atoms with Crippen molar-refractivity contribution < 1.29 is 14.6 Å². The number of piperazine rings is 1. The lowest BCUT2D eigenvalue weighted by Gasteiger charge is -2.39. The third kappa shape index (κ3) is 6.69. The highest BCUT2D eigenvalue weighted by atomic mass is 35.5. The molecule has 0 aliphatic carbocycles. The fourth-order valence-electron chi connectivity index (χ4n) is 3.83. The van der Waals surface area contributed by atoms with Crippen LogP contribution in [0.15, 0.2) is 54.6 Å². The SMILES string of the molecule is CCC(OCCN1CCN(C(c2ccccc2)c2ccc(Cl)cc2)CC1)C(=O)O.Cl. The van der Waals surface area contributed by atoms with Crippen LogP contribution in [0.5, 0.6) is 0 Å². The van der Waals surface area contributed by atoms with Crippen molar-refractivity contribution in [2.45, 2.75) is 25.5 Å². The standard InChI is InChI=1S/C23H29ClN2O3.ClH/c1-2-21(23(27)28)29-17-16-25-12-14-26(15-13-25)22(18-6-4-3-5-7-18)19-8-10-20(24)11-9-19;/h3-11,21-22H,2,12-17H2,1H3,(H,27,28);1H. The van der Waals surface area contributed by atoms with Crippen LogP contribution in [0, 0.1) is 0 Å². The van der Waals surface area contributed by atoms with E-state index in [0.717, 1.165) is 37.7 Å². The summed E-state index contributed by atoms with van der Waals surface area (Å²) in [6.45, 7) is 6.79. The largest absolute Gasteiger partial charge is 0.479 e. The van der Waals surface area contributed by atoms with Gasteiger partial charge in [-0.2, -0.15) is 0 Å². The van der Waals surface area contributed by atoms with Crippen LogP contribution in [0.3, 0.4) is 0 Å². The van der Waals surface area contributed by atoms with Gasteiger partial charge in [-0.1, -0.05) is 61.0 Å². The summed E-state index contributed by atoms with van der Waals surface area (Å²) < 4.78 is 5.51. The first-order valence-corrected chi connectivity index (χ1v) is 10.6. The number of halogens is 2. The third-order valence-electron chi connectivity index (χ3n) is 5.45. The van der Waals surface area contributed by atoms with Crippen LogP contribution in [0.2, 0.25) is 5.02 Å². The van der Waals surface area contributed by atoms with Crippen molar-refractivity contribution in [1.29, 1.82) is 0 Å². The van der Waals surface area contributed by atoms with E-state index in [9.17, 15) is 4.79 Å². The number of rotatable bonds is 9. The molecule has 0 spiro atoms. The molecule has 2 aromatic rings. The fourth-order valence-corrected chi connectivity index (χ4v) is 3.95. The maximum Gasteiger partial charge on any atom is 0.332 e. The fraction of sp³-hybridized carbons (Fsp3) is 0.435. The molecule has 0 saturated carbocycles. The Morgan fingerprint density at radius 3 is 2.20 bits per heavy atom. The predicted octanol–water partition coefficient (Wildman–Crippen LogP) is 4.35. The van der Waals surface area contributed by atoms with Crippen molar-refractivity contribution >= 4 is 30.0 Å². The van der Waals surface area contributed by atoms with E-state index in [1.807, 2.05) is 25.1 Å². The second kappa shape index (κ2) is 12.3. The number of carbonyl (C=O) groups is 1. The molecule has 2 aromatic carbocycles. The van der Waals surface area contributed by atoms with Crippen LogP contribution in [0.1, 0.15) is 30.5 Å². The zero-order valence-electron chi connectivity index (χ0n) is 17.2. The minimum absolute atomic E-state index is 0. The number of aliphatic carboxylic acids is 1. The lowest BCUT2D eigenvalue weighted by atomic mass is 9.96. The highest BCUT2D eigenvalue weighted by Gasteiger charge is 2.26. The number of carboxylic acid groups (broad SMARTS) is 1. The first kappa shape index (κ1) is 24.6. The highest BCUT2D eigenvalue weighted by molar-refractivity contribution is 6.30. The summed E-state index contributed by atoms with van der Waals surface area (Å²) in [5.74, 6) is -0.883. The van der Waals surface area contributed by atoms with Crippen LogP contribution < -0.4 is 0 Å². The van der Waals surface area contributed by atoms with Gasteiger partial charge in [0.25, 0.3) is 0 Å². The lowest BCUT2D eigenvalue weighted by Crippen LogP contribution is -2.48. The zero-order valence-corrected chi connectivity index (χ0v) is 18.8. The quantitative estimate of drug-likeness (QED) is 0.612. The molecule has 1 aliphatic heterocycles. The molecule has 0 amide bonds. The molecule has 7 heteroatoms. The average molecular weight is 453 g/mol. The Morgan fingerprint density at radius 1 is 1.03 bits per heavy atom. The van der Waals surface area contributed by atoms with Crippen LogP contribution in [0.4, 0.5) is 0 Å². The van der Waals surface area contributed by atoms with Gasteiger partial charge in [-0.25, -0.2) is 4.79 Å². The van der Waals surface area contributed by atoms with Crippen LogP contribution >= 0.6 is 24.0 Å². The molecule has 5 nitrogen and oxygen atoms in total. The van der Waals surface area contributed by atoms with Crippen LogP contribution in [-0.2, 0) is 9.53 Å². The summed E-state index contributed by atoms with van der Waals surface area (Å²) in [7, 11) is 0. The van der Waals surface area contributed by atoms with Crippen molar-refractivity contribution in [2.24, 2.45) is 0 Å². The normalized spacial score (nSPS) is 17.1. The Hall–Kier alpha value is -1.63. The van der Waals surface area contributed by atoms with E-state index in [0.29, 0.717) is 13.0 Å². The van der Waals surface area contributed by atoms with Crippen molar-refractivity contribution in [3.63, 3.8) is 0 Å². The van der Waals surface area contributed by atoms with Gasteiger partial charge in [-0.15, -0.1) is 12.4 Å². The van der Waals surface area contributed by atoms with Gasteiger partial charge in [-0.3, -0.25) is 9.80 Å². The minimum Gasteiger partial charge on any atom is -0.479 e. The first-order valence-electron chi connectivity index (χ1n) is 10.2. The molecule has 30 heavy (non-hydrogen) atoms. The number of benzene rings is 2. The second-order valence-corrected chi connectivity index (χ2v) is 7.78. The van der Waals surface area contributed by atoms with Crippen LogP contribution in [-0.4, -0.2) is 66.3 Å². The molecule has 1 aliphatic rings. The Labute approximate surface area is 190 Å². The van der Waals surface area contributed by atoms with E-state index in [2.05, 4.69) is 46.2 Å². The molecular weight excluding hydrogens is 423 g/mol. The van der Waals surface area contributed by atoms with Crippen molar-refractivity contribution in [2.75, 3.05) is 39.3 Å². The number of nitrogens with zero attached hydrogens (tertiary/aromatic N) is 2. The van der Waals surface area contributed by atoms with Crippen molar-refractivity contribution in [3.8, 4) is 0 Å². The highest BCUT2D eigenvalue weighted by Crippen LogP contribution is 2.30. The van der Waals surface area contributed by atoms with Gasteiger partial charge in [0.2, 0.25) is 0 Å². The first-order chi connectivity index (χ1) is 14.1. The van der Waals surface area contributed by atoms with E-state index in [4.69, 9.17) is 21.4 Å². The van der Waals surface area contributed by atoms with Crippen molar-refractivity contribution in [1.82, 2.24) is 9.80 Å². The Bertz CT molecular complexity index is 766. The van der Waals surface area contributed by atoms with E-state index in [1.165, 1.54) is 11.1 Å². The summed E-state index contributed by atoms with van der Waals surface area (Å²) in [6, 6.07) is 18.9. The molecule has 3 rings (SSSR count). The topological polar surface area (TPSA) is 53.0 Å². The second-order valence-electron chi connectivity index (χ2n) is 7.35. The number of hydrogen-bond acceptors (Lipinski definition) is 4. The van der Waals surface area contributed by atoms with Gasteiger partial charge >= 0.3 is 5.97 Å². The van der Waals surface area contributed by atoms with Gasteiger partial charge < -0.3 is 9.84 Å². The Kier molecular flexibility index (Phi) is 10.1. The summed E-state index contributed by atoms with van der Waals surface area (Å²) in [4.78, 5) is 15.9. The molecule has 2 atom stereocenters. The molecule has 0 aromatic heterocycles. The zero-order chi connectivity index (χ0) is 20.6. The smallest absolute Gasteiger partial charge is 0.332 e. The summed E-state index contributed by atoms with van der Waals surface area (Å²) in [5, 5.41) is 9.83. The maximum atomic E-state index is 11.1. The molecule has 0 radical (unpaired) electrons. The Morgan fingerprint density at radius 2 is 1.63 bits per heavy atom. The predicted molar refractivity (Wildman–Crippen MR) is 123 cm³/mol. The number of ether oxygens (including phenoxy) is 1. The molecule has 2 unspecified atom stereocenters. The van der Waals surface area contributed by atoms with Crippen molar-refractivity contribution in [3.05, 3.63) is 70.7 Å². The third-order valence-corrected chi connectivity index (χ3v) is 5.70. The van der Waals surface area contributed by atoms with E-state index >= 15 is 0 Å². The van der Waals surface area contributed by atoms with E-state index in [1.54, 1.807) is 0 Å². The monoisotopic (exact) mass is 452 g/mol. The average Bonchev–Trinajstić information content (AvgIpc) is 2.74. The molecule has 1 saturated heterocycles. The van der Waals surface area contributed by atoms with Gasteiger partial charge in [0.15, 0.2) is 6.10 Å². The molecule has 1 fully saturated rings. The lowest BCUT2D eigenvalue weighted by molar-refractivity contribution is -0.150. The summed E-state index contributed by atoms with van der Waals surface area (Å²) >= 11 is 6.10. The van der Waals surface area contributed by atoms with Gasteiger partial charge in [-0.05, 0) is 29.7 Å². The maximum absolute atomic E-state index is 11.1. The Balaban J connectivity index is 0.00000320. The van der Waals surface area contributed by atoms with Gasteiger partial charge in [0, 0.05) is 37.7 Å². The summed E-state index contributed by atoms with van der Waals surface area (Å²) in [6.07, 6.45) is -0.216.